The van der Waals surface area contributed by atoms with Gasteiger partial charge in [0.25, 0.3) is 0 Å². The number of halogens is 1. The number of anilines is 2. The number of carbonyl (C=O) groups excluding carboxylic acids is 2. The minimum Gasteiger partial charge on any atom is -0.450 e. The monoisotopic (exact) mass is 300 g/mol. The molecule has 1 unspecified atom stereocenters. The van der Waals surface area contributed by atoms with Crippen LogP contribution in [0.1, 0.15) is 6.92 Å². The van der Waals surface area contributed by atoms with Crippen molar-refractivity contribution in [3.8, 4) is 0 Å². The van der Waals surface area contributed by atoms with E-state index in [0.717, 1.165) is 0 Å². The van der Waals surface area contributed by atoms with E-state index in [0.29, 0.717) is 18.0 Å². The minimum atomic E-state index is -1.13. The van der Waals surface area contributed by atoms with Gasteiger partial charge in [-0.2, -0.15) is 0 Å². The van der Waals surface area contributed by atoms with E-state index in [1.165, 1.54) is 0 Å². The topological polar surface area (TPSA) is 87.7 Å². The first-order valence-electron chi connectivity index (χ1n) is 6.11. The molecule has 0 heterocycles. The number of hydrogen-bond acceptors (Lipinski definition) is 5. The van der Waals surface area contributed by atoms with Crippen molar-refractivity contribution in [1.82, 2.24) is 0 Å². The molecule has 3 N–H and O–H groups in total. The molecule has 1 aromatic carbocycles. The first-order valence-corrected chi connectivity index (χ1v) is 6.64. The highest BCUT2D eigenvalue weighted by Crippen LogP contribution is 2.13. The predicted octanol–water partition coefficient (Wildman–Crippen LogP) is 1.84. The van der Waals surface area contributed by atoms with Gasteiger partial charge in [-0.05, 0) is 31.2 Å². The maximum atomic E-state index is 11.2. The lowest BCUT2D eigenvalue weighted by molar-refractivity contribution is -0.123. The average molecular weight is 301 g/mol. The van der Waals surface area contributed by atoms with Gasteiger partial charge in [0.2, 0.25) is 0 Å². The van der Waals surface area contributed by atoms with Crippen molar-refractivity contribution >= 4 is 34.9 Å². The Morgan fingerprint density at radius 2 is 1.90 bits per heavy atom. The normalized spacial score (nSPS) is 11.6. The Morgan fingerprint density at radius 3 is 2.45 bits per heavy atom. The lowest BCUT2D eigenvalue weighted by Gasteiger charge is -2.11. The summed E-state index contributed by atoms with van der Waals surface area (Å²) < 4.78 is 4.74. The van der Waals surface area contributed by atoms with Crippen molar-refractivity contribution in [3.05, 3.63) is 24.3 Å². The number of alkyl halides is 1. The molecular weight excluding hydrogens is 284 g/mol. The molecule has 1 rings (SSSR count). The van der Waals surface area contributed by atoms with Crippen LogP contribution in [0.4, 0.5) is 16.2 Å². The Hall–Kier alpha value is -1.79. The van der Waals surface area contributed by atoms with Crippen molar-refractivity contribution in [2.75, 3.05) is 29.7 Å². The summed E-state index contributed by atoms with van der Waals surface area (Å²) in [5.41, 5.74) is 1.30. The molecule has 1 atom stereocenters. The smallest absolute Gasteiger partial charge is 0.411 e. The van der Waals surface area contributed by atoms with Gasteiger partial charge >= 0.3 is 6.09 Å². The zero-order chi connectivity index (χ0) is 15.0. The number of rotatable bonds is 7. The van der Waals surface area contributed by atoms with Gasteiger partial charge in [0.15, 0.2) is 5.78 Å². The molecule has 1 amide bonds. The van der Waals surface area contributed by atoms with E-state index >= 15 is 0 Å². The number of nitrogens with one attached hydrogen (secondary N) is 2. The number of aliphatic hydroxyl groups is 1. The highest BCUT2D eigenvalue weighted by atomic mass is 35.5. The van der Waals surface area contributed by atoms with Crippen LogP contribution in [0.15, 0.2) is 24.3 Å². The van der Waals surface area contributed by atoms with Gasteiger partial charge in [0, 0.05) is 17.9 Å². The fraction of sp³-hybridized carbons (Fsp3) is 0.385. The first-order chi connectivity index (χ1) is 9.56. The SMILES string of the molecule is CCOC(=O)Nc1ccc(NCC(O)C(=O)CCl)cc1. The van der Waals surface area contributed by atoms with Gasteiger partial charge in [-0.1, -0.05) is 0 Å². The van der Waals surface area contributed by atoms with Gasteiger partial charge in [-0.3, -0.25) is 10.1 Å². The van der Waals surface area contributed by atoms with E-state index < -0.39 is 18.0 Å². The summed E-state index contributed by atoms with van der Waals surface area (Å²) >= 11 is 5.33. The summed E-state index contributed by atoms with van der Waals surface area (Å²) in [4.78, 5) is 22.3. The number of Topliss-reactive ketones (excluding diaryl/α,β-unsaturated/α-hetero) is 1. The van der Waals surface area contributed by atoms with Gasteiger partial charge in [0.1, 0.15) is 6.10 Å². The number of amides is 1. The number of ketones is 1. The lowest BCUT2D eigenvalue weighted by Crippen LogP contribution is -2.29. The Kier molecular flexibility index (Phi) is 6.83. The van der Waals surface area contributed by atoms with Crippen LogP contribution in [0.3, 0.4) is 0 Å². The summed E-state index contributed by atoms with van der Waals surface area (Å²) in [6, 6.07) is 6.77. The van der Waals surface area contributed by atoms with E-state index in [2.05, 4.69) is 10.6 Å². The third-order valence-corrected chi connectivity index (χ3v) is 2.67. The number of hydrogen-bond donors (Lipinski definition) is 3. The molecule has 1 aromatic rings. The molecule has 0 spiro atoms. The molecule has 0 aliphatic heterocycles. The summed E-state index contributed by atoms with van der Waals surface area (Å²) in [6.45, 7) is 2.11. The Labute approximate surface area is 122 Å². The molecule has 0 bridgehead atoms. The second kappa shape index (κ2) is 8.39. The van der Waals surface area contributed by atoms with Crippen molar-refractivity contribution in [1.29, 1.82) is 0 Å². The zero-order valence-corrected chi connectivity index (χ0v) is 11.8. The van der Waals surface area contributed by atoms with E-state index in [1.54, 1.807) is 31.2 Å². The van der Waals surface area contributed by atoms with Crippen LogP contribution in [0.5, 0.6) is 0 Å². The second-order valence-corrected chi connectivity index (χ2v) is 4.19. The fourth-order valence-electron chi connectivity index (χ4n) is 1.37. The van der Waals surface area contributed by atoms with Crippen LogP contribution in [-0.4, -0.2) is 42.1 Å². The molecule has 0 aromatic heterocycles. The minimum absolute atomic E-state index is 0.0796. The van der Waals surface area contributed by atoms with E-state index in [9.17, 15) is 14.7 Å². The van der Waals surface area contributed by atoms with Crippen molar-refractivity contribution < 1.29 is 19.4 Å². The zero-order valence-electron chi connectivity index (χ0n) is 11.1. The maximum Gasteiger partial charge on any atom is 0.411 e. The molecular formula is C13H17ClN2O4. The molecule has 110 valence electrons. The van der Waals surface area contributed by atoms with Crippen LogP contribution in [-0.2, 0) is 9.53 Å². The van der Waals surface area contributed by atoms with E-state index in [-0.39, 0.29) is 12.4 Å². The van der Waals surface area contributed by atoms with Crippen molar-refractivity contribution in [2.45, 2.75) is 13.0 Å². The van der Waals surface area contributed by atoms with Gasteiger partial charge in [-0.15, -0.1) is 11.6 Å². The molecule has 6 nitrogen and oxygen atoms in total. The van der Waals surface area contributed by atoms with E-state index in [1.807, 2.05) is 0 Å². The first kappa shape index (κ1) is 16.3. The third-order valence-electron chi connectivity index (χ3n) is 2.41. The molecule has 0 fully saturated rings. The quantitative estimate of drug-likeness (QED) is 0.669. The molecule has 0 aliphatic rings. The van der Waals surface area contributed by atoms with Gasteiger partial charge in [0.05, 0.1) is 12.5 Å². The lowest BCUT2D eigenvalue weighted by atomic mass is 10.2. The molecule has 0 radical (unpaired) electrons. The molecule has 0 saturated heterocycles. The van der Waals surface area contributed by atoms with Gasteiger partial charge in [-0.25, -0.2) is 4.79 Å². The van der Waals surface area contributed by atoms with Crippen LogP contribution >= 0.6 is 11.6 Å². The summed E-state index contributed by atoms with van der Waals surface area (Å²) in [6.07, 6.45) is -1.65. The van der Waals surface area contributed by atoms with Crippen molar-refractivity contribution in [2.24, 2.45) is 0 Å². The van der Waals surface area contributed by atoms with Crippen LogP contribution < -0.4 is 10.6 Å². The predicted molar refractivity (Wildman–Crippen MR) is 77.3 cm³/mol. The van der Waals surface area contributed by atoms with Crippen LogP contribution in [0.25, 0.3) is 0 Å². The van der Waals surface area contributed by atoms with Crippen molar-refractivity contribution in [3.63, 3.8) is 0 Å². The average Bonchev–Trinajstić information content (AvgIpc) is 2.45. The summed E-state index contributed by atoms with van der Waals surface area (Å²) in [5.74, 6) is -0.648. The Balaban J connectivity index is 2.46. The molecule has 20 heavy (non-hydrogen) atoms. The van der Waals surface area contributed by atoms with E-state index in [4.69, 9.17) is 16.3 Å². The Bertz CT molecular complexity index is 450. The molecule has 0 aliphatic carbocycles. The number of benzene rings is 1. The maximum absolute atomic E-state index is 11.2. The number of aliphatic hydroxyl groups excluding tert-OH is 1. The third kappa shape index (κ3) is 5.46. The van der Waals surface area contributed by atoms with Gasteiger partial charge < -0.3 is 15.2 Å². The Morgan fingerprint density at radius 1 is 1.30 bits per heavy atom. The highest BCUT2D eigenvalue weighted by Gasteiger charge is 2.12. The highest BCUT2D eigenvalue weighted by molar-refractivity contribution is 6.28. The van der Waals surface area contributed by atoms with Crippen LogP contribution in [0, 0.1) is 0 Å². The standard InChI is InChI=1S/C13H17ClN2O4/c1-2-20-13(19)16-10-5-3-9(4-6-10)15-8-12(18)11(17)7-14/h3-6,12,15,18H,2,7-8H2,1H3,(H,16,19). The largest absolute Gasteiger partial charge is 0.450 e. The van der Waals surface area contributed by atoms with Crippen LogP contribution in [0.2, 0.25) is 0 Å². The number of carbonyl (C=O) groups is 2. The summed E-state index contributed by atoms with van der Waals surface area (Å²) in [7, 11) is 0. The fourth-order valence-corrected chi connectivity index (χ4v) is 1.55. The number of ether oxygens (including phenoxy) is 1. The molecule has 0 saturated carbocycles. The summed E-state index contributed by atoms with van der Waals surface area (Å²) in [5, 5.41) is 14.9. The molecule has 7 heteroatoms. The second-order valence-electron chi connectivity index (χ2n) is 3.92.